The second kappa shape index (κ2) is 4.09. The molecule has 0 bridgehead atoms. The minimum absolute atomic E-state index is 0.111. The van der Waals surface area contributed by atoms with Gasteiger partial charge in [-0.3, -0.25) is 9.59 Å². The number of fused-ring (bicyclic) bond motifs is 1. The minimum atomic E-state index is -0.111. The van der Waals surface area contributed by atoms with E-state index in [4.69, 9.17) is 0 Å². The van der Waals surface area contributed by atoms with Crippen LogP contribution in [0.5, 0.6) is 0 Å². The number of aromatic nitrogens is 1. The van der Waals surface area contributed by atoms with Crippen molar-refractivity contribution in [3.8, 4) is 0 Å². The van der Waals surface area contributed by atoms with E-state index < -0.39 is 0 Å². The van der Waals surface area contributed by atoms with E-state index in [1.54, 1.807) is 0 Å². The number of aryl methyl sites for hydroxylation is 1. The lowest BCUT2D eigenvalue weighted by Gasteiger charge is -2.08. The number of hydrogen-bond acceptors (Lipinski definition) is 2. The molecule has 2 aromatic rings. The van der Waals surface area contributed by atoms with Crippen LogP contribution < -0.4 is 0 Å². The van der Waals surface area contributed by atoms with Crippen LogP contribution in [0.1, 0.15) is 29.8 Å². The first-order chi connectivity index (χ1) is 8.66. The molecule has 1 aliphatic carbocycles. The van der Waals surface area contributed by atoms with Gasteiger partial charge >= 0.3 is 0 Å². The molecule has 1 aliphatic rings. The Hall–Kier alpha value is -1.90. The fourth-order valence-corrected chi connectivity index (χ4v) is 2.77. The molecule has 0 aliphatic heterocycles. The summed E-state index contributed by atoms with van der Waals surface area (Å²) in [4.78, 5) is 23.7. The van der Waals surface area contributed by atoms with Gasteiger partial charge in [-0.25, -0.2) is 0 Å². The zero-order valence-electron chi connectivity index (χ0n) is 10.3. The highest BCUT2D eigenvalue weighted by Crippen LogP contribution is 2.28. The topological polar surface area (TPSA) is 39.1 Å². The van der Waals surface area contributed by atoms with Crippen molar-refractivity contribution in [1.29, 1.82) is 0 Å². The molecule has 0 amide bonds. The van der Waals surface area contributed by atoms with Gasteiger partial charge in [-0.2, -0.15) is 0 Å². The van der Waals surface area contributed by atoms with Crippen LogP contribution in [0.4, 0.5) is 0 Å². The molecular weight excluding hydrogens is 226 g/mol. The molecule has 3 heteroatoms. The average molecular weight is 241 g/mol. The predicted molar refractivity (Wildman–Crippen MR) is 69.6 cm³/mol. The van der Waals surface area contributed by atoms with Crippen molar-refractivity contribution in [3.05, 3.63) is 36.0 Å². The lowest BCUT2D eigenvalue weighted by Crippen LogP contribution is -2.15. The van der Waals surface area contributed by atoms with E-state index in [1.807, 2.05) is 41.9 Å². The van der Waals surface area contributed by atoms with Gasteiger partial charge in [-0.1, -0.05) is 18.2 Å². The lowest BCUT2D eigenvalue weighted by atomic mass is 10.00. The Balaban J connectivity index is 2.01. The number of carbonyl (C=O) groups excluding carboxylic acids is 2. The molecule has 0 radical (unpaired) electrons. The Morgan fingerprint density at radius 1 is 1.33 bits per heavy atom. The van der Waals surface area contributed by atoms with Crippen LogP contribution in [0.15, 0.2) is 30.3 Å². The summed E-state index contributed by atoms with van der Waals surface area (Å²) in [5.41, 5.74) is 1.78. The second-order valence-electron chi connectivity index (χ2n) is 4.99. The van der Waals surface area contributed by atoms with Crippen LogP contribution in [0, 0.1) is 5.92 Å². The quantitative estimate of drug-likeness (QED) is 0.758. The van der Waals surface area contributed by atoms with Crippen molar-refractivity contribution in [2.45, 2.75) is 19.3 Å². The number of para-hydroxylation sites is 1. The molecule has 1 heterocycles. The normalized spacial score (nSPS) is 19.6. The maximum atomic E-state index is 12.4. The first-order valence-corrected chi connectivity index (χ1v) is 6.27. The summed E-state index contributed by atoms with van der Waals surface area (Å²) in [7, 11) is 1.91. The molecule has 92 valence electrons. The molecule has 1 aromatic carbocycles. The number of hydrogen-bond donors (Lipinski definition) is 0. The third kappa shape index (κ3) is 1.67. The molecule has 1 fully saturated rings. The van der Waals surface area contributed by atoms with Crippen molar-refractivity contribution in [3.63, 3.8) is 0 Å². The van der Waals surface area contributed by atoms with Gasteiger partial charge in [0.05, 0.1) is 5.69 Å². The highest BCUT2D eigenvalue weighted by atomic mass is 16.1. The van der Waals surface area contributed by atoms with Crippen molar-refractivity contribution in [2.24, 2.45) is 13.0 Å². The Labute approximate surface area is 105 Å². The van der Waals surface area contributed by atoms with Crippen molar-refractivity contribution < 1.29 is 9.59 Å². The van der Waals surface area contributed by atoms with Gasteiger partial charge in [0.15, 0.2) is 5.78 Å². The molecule has 18 heavy (non-hydrogen) atoms. The van der Waals surface area contributed by atoms with Gasteiger partial charge in [0.25, 0.3) is 0 Å². The van der Waals surface area contributed by atoms with Crippen LogP contribution in [0.2, 0.25) is 0 Å². The van der Waals surface area contributed by atoms with Crippen LogP contribution in [-0.4, -0.2) is 16.1 Å². The van der Waals surface area contributed by atoms with E-state index in [-0.39, 0.29) is 17.5 Å². The SMILES string of the molecule is Cn1c(C(=O)C2CCC(=O)C2)cc2ccccc21. The van der Waals surface area contributed by atoms with Crippen LogP contribution in [0.3, 0.4) is 0 Å². The zero-order valence-corrected chi connectivity index (χ0v) is 10.3. The first kappa shape index (κ1) is 11.2. The van der Waals surface area contributed by atoms with E-state index in [2.05, 4.69) is 0 Å². The fraction of sp³-hybridized carbons (Fsp3) is 0.333. The van der Waals surface area contributed by atoms with E-state index in [0.717, 1.165) is 16.6 Å². The highest BCUT2D eigenvalue weighted by molar-refractivity contribution is 6.04. The molecule has 0 spiro atoms. The number of Topliss-reactive ketones (excluding diaryl/α,β-unsaturated/α-hetero) is 2. The summed E-state index contributed by atoms with van der Waals surface area (Å²) >= 11 is 0. The third-order valence-corrected chi connectivity index (χ3v) is 3.82. The number of rotatable bonds is 2. The Morgan fingerprint density at radius 3 is 2.78 bits per heavy atom. The van der Waals surface area contributed by atoms with Gasteiger partial charge in [0.1, 0.15) is 5.78 Å². The molecule has 1 unspecified atom stereocenters. The minimum Gasteiger partial charge on any atom is -0.341 e. The molecular formula is C15H15NO2. The average Bonchev–Trinajstić information content (AvgIpc) is 2.94. The summed E-state index contributed by atoms with van der Waals surface area (Å²) in [6.45, 7) is 0. The molecule has 0 N–H and O–H groups in total. The molecule has 1 aromatic heterocycles. The number of ketones is 2. The third-order valence-electron chi connectivity index (χ3n) is 3.82. The van der Waals surface area contributed by atoms with Gasteiger partial charge < -0.3 is 4.57 Å². The fourth-order valence-electron chi connectivity index (χ4n) is 2.77. The van der Waals surface area contributed by atoms with Crippen LogP contribution >= 0.6 is 0 Å². The Kier molecular flexibility index (Phi) is 2.54. The van der Waals surface area contributed by atoms with Gasteiger partial charge in [-0.15, -0.1) is 0 Å². The number of benzene rings is 1. The Morgan fingerprint density at radius 2 is 2.11 bits per heavy atom. The molecule has 1 saturated carbocycles. The van der Waals surface area contributed by atoms with Gasteiger partial charge in [-0.05, 0) is 18.6 Å². The number of nitrogens with zero attached hydrogens (tertiary/aromatic N) is 1. The van der Waals surface area contributed by atoms with Crippen LogP contribution in [0.25, 0.3) is 10.9 Å². The van der Waals surface area contributed by atoms with E-state index >= 15 is 0 Å². The van der Waals surface area contributed by atoms with E-state index in [9.17, 15) is 9.59 Å². The molecule has 0 saturated heterocycles. The predicted octanol–water partition coefficient (Wildman–Crippen LogP) is 2.73. The van der Waals surface area contributed by atoms with E-state index in [0.29, 0.717) is 19.3 Å². The molecule has 3 rings (SSSR count). The largest absolute Gasteiger partial charge is 0.341 e. The maximum Gasteiger partial charge on any atom is 0.182 e. The highest BCUT2D eigenvalue weighted by Gasteiger charge is 2.30. The Bertz CT molecular complexity index is 639. The standard InChI is InChI=1S/C15H15NO2/c1-16-13-5-3-2-4-10(13)9-14(16)15(18)11-6-7-12(17)8-11/h2-5,9,11H,6-8H2,1H3. The zero-order chi connectivity index (χ0) is 12.7. The summed E-state index contributed by atoms with van der Waals surface area (Å²) in [5, 5.41) is 1.08. The summed E-state index contributed by atoms with van der Waals surface area (Å²) in [6, 6.07) is 9.88. The smallest absolute Gasteiger partial charge is 0.182 e. The maximum absolute atomic E-state index is 12.4. The van der Waals surface area contributed by atoms with Gasteiger partial charge in [0, 0.05) is 36.7 Å². The molecule has 3 nitrogen and oxygen atoms in total. The second-order valence-corrected chi connectivity index (χ2v) is 4.99. The van der Waals surface area contributed by atoms with Crippen LogP contribution in [-0.2, 0) is 11.8 Å². The molecule has 1 atom stereocenters. The first-order valence-electron chi connectivity index (χ1n) is 6.27. The van der Waals surface area contributed by atoms with Crippen molar-refractivity contribution in [1.82, 2.24) is 4.57 Å². The van der Waals surface area contributed by atoms with Crippen molar-refractivity contribution >= 4 is 22.5 Å². The van der Waals surface area contributed by atoms with Gasteiger partial charge in [0.2, 0.25) is 0 Å². The van der Waals surface area contributed by atoms with E-state index in [1.165, 1.54) is 0 Å². The summed E-state index contributed by atoms with van der Waals surface area (Å²) < 4.78 is 1.93. The number of carbonyl (C=O) groups is 2. The van der Waals surface area contributed by atoms with Crippen molar-refractivity contribution in [2.75, 3.05) is 0 Å². The lowest BCUT2D eigenvalue weighted by molar-refractivity contribution is -0.117. The summed E-state index contributed by atoms with van der Waals surface area (Å²) in [5.74, 6) is 0.215. The monoisotopic (exact) mass is 241 g/mol. The summed E-state index contributed by atoms with van der Waals surface area (Å²) in [6.07, 6.45) is 1.68.